The van der Waals surface area contributed by atoms with Gasteiger partial charge in [0, 0.05) is 10.4 Å². The molecule has 0 aliphatic heterocycles. The lowest BCUT2D eigenvalue weighted by molar-refractivity contribution is -0.385. The van der Waals surface area contributed by atoms with Crippen LogP contribution in [0.15, 0.2) is 28.1 Å². The van der Waals surface area contributed by atoms with E-state index in [1.165, 1.54) is 11.3 Å². The van der Waals surface area contributed by atoms with Crippen LogP contribution >= 0.6 is 27.3 Å². The van der Waals surface area contributed by atoms with Crippen molar-refractivity contribution in [3.63, 3.8) is 0 Å². The Bertz CT molecular complexity index is 751. The molecule has 0 atom stereocenters. The second kappa shape index (κ2) is 6.02. The Balaban J connectivity index is 2.89. The van der Waals surface area contributed by atoms with E-state index < -0.39 is 0 Å². The van der Waals surface area contributed by atoms with Crippen molar-refractivity contribution in [2.75, 3.05) is 0 Å². The van der Waals surface area contributed by atoms with Crippen molar-refractivity contribution >= 4 is 33.0 Å². The minimum absolute atomic E-state index is 0.0711. The first-order chi connectivity index (χ1) is 10.4. The van der Waals surface area contributed by atoms with E-state index in [4.69, 9.17) is 0 Å². The Labute approximate surface area is 150 Å². The number of nitrogens with zero attached hydrogens (tertiary/aromatic N) is 1. The molecular formula is C18H22BrNO2S. The molecule has 0 unspecified atom stereocenters. The summed E-state index contributed by atoms with van der Waals surface area (Å²) in [7, 11) is 0. The maximum atomic E-state index is 11.8. The lowest BCUT2D eigenvalue weighted by Gasteiger charge is -2.26. The number of hydrogen-bond acceptors (Lipinski definition) is 3. The van der Waals surface area contributed by atoms with Crippen LogP contribution < -0.4 is 0 Å². The largest absolute Gasteiger partial charge is 0.281 e. The molecule has 1 aromatic carbocycles. The maximum Gasteiger partial charge on any atom is 0.281 e. The molecule has 0 bridgehead atoms. The van der Waals surface area contributed by atoms with E-state index in [0.717, 1.165) is 19.8 Å². The van der Waals surface area contributed by atoms with E-state index in [1.807, 2.05) is 45.0 Å². The summed E-state index contributed by atoms with van der Waals surface area (Å²) >= 11 is 4.98. The van der Waals surface area contributed by atoms with E-state index in [9.17, 15) is 10.1 Å². The van der Waals surface area contributed by atoms with Gasteiger partial charge in [-0.05, 0) is 56.6 Å². The van der Waals surface area contributed by atoms with Gasteiger partial charge in [0.2, 0.25) is 0 Å². The SMILES string of the molecule is CC(C)(C)c1cc(-c2ccc(Br)s2)c([N+](=O)[O-])c(C(C)(C)C)c1. The van der Waals surface area contributed by atoms with Crippen molar-refractivity contribution in [1.82, 2.24) is 0 Å². The molecule has 1 heterocycles. The highest BCUT2D eigenvalue weighted by Crippen LogP contribution is 2.44. The quantitative estimate of drug-likeness (QED) is 0.420. The molecule has 1 aromatic heterocycles. The van der Waals surface area contributed by atoms with Gasteiger partial charge in [0.1, 0.15) is 0 Å². The standard InChI is InChI=1S/C18H22BrNO2S/c1-17(2,3)11-9-12(14-7-8-15(19)23-14)16(20(21)22)13(10-11)18(4,5)6/h7-10H,1-6H3. The number of hydrogen-bond donors (Lipinski definition) is 0. The molecule has 124 valence electrons. The van der Waals surface area contributed by atoms with Gasteiger partial charge in [-0.25, -0.2) is 0 Å². The summed E-state index contributed by atoms with van der Waals surface area (Å²) in [6.45, 7) is 12.5. The Kier molecular flexibility index (Phi) is 4.75. The average molecular weight is 396 g/mol. The Morgan fingerprint density at radius 3 is 2.04 bits per heavy atom. The molecule has 0 fully saturated rings. The molecule has 5 heteroatoms. The first-order valence-electron chi connectivity index (χ1n) is 7.50. The highest BCUT2D eigenvalue weighted by atomic mass is 79.9. The smallest absolute Gasteiger partial charge is 0.258 e. The van der Waals surface area contributed by atoms with Gasteiger partial charge in [-0.1, -0.05) is 41.5 Å². The molecule has 2 rings (SSSR count). The number of thiophene rings is 1. The fourth-order valence-electron chi connectivity index (χ4n) is 2.48. The van der Waals surface area contributed by atoms with Crippen LogP contribution in [-0.4, -0.2) is 4.92 Å². The Morgan fingerprint density at radius 2 is 1.65 bits per heavy atom. The van der Waals surface area contributed by atoms with Crippen LogP contribution in [0, 0.1) is 10.1 Å². The Hall–Kier alpha value is -1.20. The lowest BCUT2D eigenvalue weighted by Crippen LogP contribution is -2.18. The minimum Gasteiger partial charge on any atom is -0.258 e. The van der Waals surface area contributed by atoms with Gasteiger partial charge in [-0.15, -0.1) is 11.3 Å². The van der Waals surface area contributed by atoms with Crippen molar-refractivity contribution in [3.05, 3.63) is 49.3 Å². The lowest BCUT2D eigenvalue weighted by atomic mass is 9.78. The third kappa shape index (κ3) is 3.83. The van der Waals surface area contributed by atoms with Crippen molar-refractivity contribution < 1.29 is 4.92 Å². The average Bonchev–Trinajstić information content (AvgIpc) is 2.81. The minimum atomic E-state index is -0.299. The number of halogens is 1. The van der Waals surface area contributed by atoms with Gasteiger partial charge < -0.3 is 0 Å². The molecule has 0 saturated carbocycles. The highest BCUT2D eigenvalue weighted by molar-refractivity contribution is 9.11. The van der Waals surface area contributed by atoms with Gasteiger partial charge >= 0.3 is 0 Å². The molecule has 0 spiro atoms. The predicted molar refractivity (Wildman–Crippen MR) is 102 cm³/mol. The first-order valence-corrected chi connectivity index (χ1v) is 9.11. The van der Waals surface area contributed by atoms with Crippen molar-refractivity contribution in [2.45, 2.75) is 52.4 Å². The zero-order valence-corrected chi connectivity index (χ0v) is 16.8. The molecule has 0 N–H and O–H groups in total. The summed E-state index contributed by atoms with van der Waals surface area (Å²) in [6.07, 6.45) is 0. The maximum absolute atomic E-state index is 11.8. The zero-order chi connectivity index (χ0) is 17.6. The molecule has 0 aliphatic carbocycles. The van der Waals surface area contributed by atoms with Crippen LogP contribution in [0.25, 0.3) is 10.4 Å². The van der Waals surface area contributed by atoms with Crippen molar-refractivity contribution in [2.24, 2.45) is 0 Å². The number of nitro groups is 1. The summed E-state index contributed by atoms with van der Waals surface area (Å²) in [4.78, 5) is 12.5. The molecule has 3 nitrogen and oxygen atoms in total. The van der Waals surface area contributed by atoms with Crippen LogP contribution in [-0.2, 0) is 10.8 Å². The van der Waals surface area contributed by atoms with Crippen molar-refractivity contribution in [1.29, 1.82) is 0 Å². The van der Waals surface area contributed by atoms with E-state index in [2.05, 4.69) is 36.7 Å². The van der Waals surface area contributed by atoms with Gasteiger partial charge in [-0.2, -0.15) is 0 Å². The van der Waals surface area contributed by atoms with Crippen LogP contribution in [0.5, 0.6) is 0 Å². The molecule has 0 radical (unpaired) electrons. The van der Waals surface area contributed by atoms with Gasteiger partial charge in [0.25, 0.3) is 5.69 Å². The highest BCUT2D eigenvalue weighted by Gasteiger charge is 2.32. The molecule has 2 aromatic rings. The van der Waals surface area contributed by atoms with Crippen LogP contribution in [0.2, 0.25) is 0 Å². The Morgan fingerprint density at radius 1 is 1.04 bits per heavy atom. The molecular weight excluding hydrogens is 374 g/mol. The molecule has 0 aliphatic rings. The summed E-state index contributed by atoms with van der Waals surface area (Å²) in [5.74, 6) is 0. The van der Waals surface area contributed by atoms with E-state index in [-0.39, 0.29) is 21.4 Å². The summed E-state index contributed by atoms with van der Waals surface area (Å²) < 4.78 is 0.972. The van der Waals surface area contributed by atoms with Crippen LogP contribution in [0.4, 0.5) is 5.69 Å². The predicted octanol–water partition coefficient (Wildman–Crippen LogP) is 6.68. The monoisotopic (exact) mass is 395 g/mol. The van der Waals surface area contributed by atoms with E-state index in [0.29, 0.717) is 5.56 Å². The summed E-state index contributed by atoms with van der Waals surface area (Å²) in [5, 5.41) is 11.8. The third-order valence-electron chi connectivity index (χ3n) is 3.81. The molecule has 0 saturated heterocycles. The fourth-order valence-corrected chi connectivity index (χ4v) is 3.89. The van der Waals surface area contributed by atoms with Gasteiger partial charge in [0.15, 0.2) is 0 Å². The van der Waals surface area contributed by atoms with Crippen LogP contribution in [0.1, 0.15) is 52.7 Å². The van der Waals surface area contributed by atoms with Gasteiger partial charge in [-0.3, -0.25) is 10.1 Å². The van der Waals surface area contributed by atoms with E-state index >= 15 is 0 Å². The number of rotatable bonds is 2. The second-order valence-electron chi connectivity index (χ2n) is 7.78. The normalized spacial score (nSPS) is 12.5. The number of benzene rings is 1. The van der Waals surface area contributed by atoms with Gasteiger partial charge in [0.05, 0.1) is 14.3 Å². The first kappa shape index (κ1) is 18.1. The zero-order valence-electron chi connectivity index (χ0n) is 14.4. The van der Waals surface area contributed by atoms with Crippen LogP contribution in [0.3, 0.4) is 0 Å². The topological polar surface area (TPSA) is 43.1 Å². The second-order valence-corrected chi connectivity index (χ2v) is 10.2. The molecule has 0 amide bonds. The summed E-state index contributed by atoms with van der Waals surface area (Å²) in [6, 6.07) is 7.86. The number of nitro benzene ring substituents is 1. The van der Waals surface area contributed by atoms with E-state index in [1.54, 1.807) is 0 Å². The summed E-state index contributed by atoms with van der Waals surface area (Å²) in [5.41, 5.74) is 2.47. The molecule has 23 heavy (non-hydrogen) atoms. The third-order valence-corrected chi connectivity index (χ3v) is 5.46. The fraction of sp³-hybridized carbons (Fsp3) is 0.444. The van der Waals surface area contributed by atoms with Crippen molar-refractivity contribution in [3.8, 4) is 10.4 Å².